The summed E-state index contributed by atoms with van der Waals surface area (Å²) in [4.78, 5) is 8.20. The number of benzene rings is 3. The molecular formula is C24H18F6N2O2. The third kappa shape index (κ3) is 5.56. The number of aromatic hydroxyl groups is 2. The predicted octanol–water partition coefficient (Wildman–Crippen LogP) is 7.25. The molecule has 4 nitrogen and oxygen atoms in total. The minimum atomic E-state index is -4.62. The number of hydrogen-bond acceptors (Lipinski definition) is 4. The number of phenols is 2. The number of aryl methyl sites for hydroxylation is 2. The first-order chi connectivity index (χ1) is 15.8. The molecule has 0 unspecified atom stereocenters. The summed E-state index contributed by atoms with van der Waals surface area (Å²) in [7, 11) is 0. The van der Waals surface area contributed by atoms with E-state index in [9.17, 15) is 36.6 Å². The van der Waals surface area contributed by atoms with Crippen LogP contribution in [0.3, 0.4) is 0 Å². The molecule has 0 bridgehead atoms. The van der Waals surface area contributed by atoms with E-state index < -0.39 is 23.5 Å². The van der Waals surface area contributed by atoms with Crippen molar-refractivity contribution in [2.75, 3.05) is 0 Å². The van der Waals surface area contributed by atoms with Crippen LogP contribution in [0.25, 0.3) is 0 Å². The highest BCUT2D eigenvalue weighted by Gasteiger charge is 2.32. The van der Waals surface area contributed by atoms with Crippen LogP contribution in [0.4, 0.5) is 37.7 Å². The Labute approximate surface area is 190 Å². The summed E-state index contributed by atoms with van der Waals surface area (Å²) in [6, 6.07) is 9.25. The normalized spacial score (nSPS) is 12.7. The molecule has 0 spiro atoms. The third-order valence-corrected chi connectivity index (χ3v) is 4.88. The van der Waals surface area contributed by atoms with Crippen molar-refractivity contribution in [1.29, 1.82) is 0 Å². The second kappa shape index (κ2) is 9.20. The molecule has 10 heteroatoms. The molecule has 0 radical (unpaired) electrons. The predicted molar refractivity (Wildman–Crippen MR) is 117 cm³/mol. The van der Waals surface area contributed by atoms with Gasteiger partial charge in [-0.3, -0.25) is 9.98 Å². The van der Waals surface area contributed by atoms with Crippen LogP contribution in [-0.4, -0.2) is 22.6 Å². The summed E-state index contributed by atoms with van der Waals surface area (Å²) in [6.07, 6.45) is -7.15. The van der Waals surface area contributed by atoms with Crippen molar-refractivity contribution in [3.8, 4) is 11.5 Å². The van der Waals surface area contributed by atoms with Crippen LogP contribution in [0.2, 0.25) is 0 Å². The third-order valence-electron chi connectivity index (χ3n) is 4.88. The Bertz CT molecular complexity index is 1180. The molecule has 34 heavy (non-hydrogen) atoms. The maximum absolute atomic E-state index is 13.1. The second-order valence-electron chi connectivity index (χ2n) is 7.46. The molecular weight excluding hydrogens is 462 g/mol. The molecule has 0 saturated carbocycles. The SMILES string of the molecule is Cc1cc(C(F)(F)F)cc(C=Nc2ccccc2N=Cc2cc(C(F)(F)F)cc(C)c2O)c1O. The van der Waals surface area contributed by atoms with Crippen LogP contribution >= 0.6 is 0 Å². The highest BCUT2D eigenvalue weighted by atomic mass is 19.4. The average molecular weight is 480 g/mol. The quantitative estimate of drug-likeness (QED) is 0.305. The molecule has 3 rings (SSSR count). The minimum absolute atomic E-state index is 0.0120. The fourth-order valence-corrected chi connectivity index (χ4v) is 3.10. The van der Waals surface area contributed by atoms with E-state index in [1.807, 2.05) is 0 Å². The van der Waals surface area contributed by atoms with Crippen LogP contribution in [0.15, 0.2) is 58.5 Å². The average Bonchev–Trinajstić information content (AvgIpc) is 2.74. The summed E-state index contributed by atoms with van der Waals surface area (Å²) in [6.45, 7) is 2.65. The molecule has 3 aromatic rings. The Kier molecular flexibility index (Phi) is 6.72. The number of aliphatic imine (C=N–C) groups is 2. The summed E-state index contributed by atoms with van der Waals surface area (Å²) in [5.41, 5.74) is -1.87. The van der Waals surface area contributed by atoms with Crippen molar-refractivity contribution in [2.45, 2.75) is 26.2 Å². The summed E-state index contributed by atoms with van der Waals surface area (Å²) in [5, 5.41) is 20.3. The van der Waals surface area contributed by atoms with Gasteiger partial charge in [-0.15, -0.1) is 0 Å². The smallest absolute Gasteiger partial charge is 0.416 e. The van der Waals surface area contributed by atoms with Gasteiger partial charge >= 0.3 is 12.4 Å². The first-order valence-corrected chi connectivity index (χ1v) is 9.76. The first-order valence-electron chi connectivity index (χ1n) is 9.76. The Balaban J connectivity index is 1.99. The van der Waals surface area contributed by atoms with E-state index >= 15 is 0 Å². The van der Waals surface area contributed by atoms with E-state index in [0.717, 1.165) is 36.7 Å². The molecule has 0 aliphatic carbocycles. The van der Waals surface area contributed by atoms with E-state index in [1.54, 1.807) is 12.1 Å². The van der Waals surface area contributed by atoms with Crippen molar-refractivity contribution >= 4 is 23.8 Å². The largest absolute Gasteiger partial charge is 0.507 e. The van der Waals surface area contributed by atoms with Gasteiger partial charge < -0.3 is 10.2 Å². The Morgan fingerprint density at radius 2 is 1.00 bits per heavy atom. The number of para-hydroxylation sites is 2. The zero-order valence-corrected chi connectivity index (χ0v) is 17.8. The van der Waals surface area contributed by atoms with Crippen LogP contribution in [0, 0.1) is 13.8 Å². The molecule has 0 amide bonds. The lowest BCUT2D eigenvalue weighted by Gasteiger charge is -2.11. The van der Waals surface area contributed by atoms with Crippen molar-refractivity contribution in [1.82, 2.24) is 0 Å². The van der Waals surface area contributed by atoms with Gasteiger partial charge in [-0.2, -0.15) is 26.3 Å². The van der Waals surface area contributed by atoms with Crippen molar-refractivity contribution < 1.29 is 36.6 Å². The van der Waals surface area contributed by atoms with Crippen LogP contribution < -0.4 is 0 Å². The lowest BCUT2D eigenvalue weighted by molar-refractivity contribution is -0.138. The number of nitrogens with zero attached hydrogens (tertiary/aromatic N) is 2. The van der Waals surface area contributed by atoms with E-state index in [-0.39, 0.29) is 45.1 Å². The minimum Gasteiger partial charge on any atom is -0.507 e. The molecule has 0 fully saturated rings. The Hall–Kier alpha value is -3.82. The van der Waals surface area contributed by atoms with E-state index in [4.69, 9.17) is 0 Å². The summed E-state index contributed by atoms with van der Waals surface area (Å²) < 4.78 is 78.6. The lowest BCUT2D eigenvalue weighted by Crippen LogP contribution is -2.06. The van der Waals surface area contributed by atoms with Gasteiger partial charge in [0.1, 0.15) is 11.5 Å². The van der Waals surface area contributed by atoms with E-state index in [2.05, 4.69) is 9.98 Å². The molecule has 178 valence electrons. The van der Waals surface area contributed by atoms with Gasteiger partial charge in [0.05, 0.1) is 22.5 Å². The molecule has 0 heterocycles. The molecule has 0 aliphatic heterocycles. The molecule has 2 N–H and O–H groups in total. The lowest BCUT2D eigenvalue weighted by atomic mass is 10.0. The fraction of sp³-hybridized carbons (Fsp3) is 0.167. The van der Waals surface area contributed by atoms with Crippen LogP contribution in [0.5, 0.6) is 11.5 Å². The maximum atomic E-state index is 13.1. The molecule has 0 aromatic heterocycles. The van der Waals surface area contributed by atoms with E-state index in [1.165, 1.54) is 26.0 Å². The van der Waals surface area contributed by atoms with E-state index in [0.29, 0.717) is 0 Å². The Morgan fingerprint density at radius 3 is 1.32 bits per heavy atom. The summed E-state index contributed by atoms with van der Waals surface area (Å²) >= 11 is 0. The van der Waals surface area contributed by atoms with Crippen LogP contribution in [0.1, 0.15) is 33.4 Å². The number of rotatable bonds is 4. The number of halogens is 6. The highest BCUT2D eigenvalue weighted by Crippen LogP contribution is 2.36. The number of hydrogen-bond donors (Lipinski definition) is 2. The van der Waals surface area contributed by atoms with Crippen molar-refractivity contribution in [2.24, 2.45) is 9.98 Å². The monoisotopic (exact) mass is 480 g/mol. The zero-order chi connectivity index (χ0) is 25.3. The molecule has 0 aliphatic rings. The van der Waals surface area contributed by atoms with Gasteiger partial charge in [-0.1, -0.05) is 12.1 Å². The van der Waals surface area contributed by atoms with Gasteiger partial charge in [-0.05, 0) is 61.4 Å². The van der Waals surface area contributed by atoms with Gasteiger partial charge in [0.25, 0.3) is 0 Å². The van der Waals surface area contributed by atoms with Gasteiger partial charge in [0.15, 0.2) is 0 Å². The summed E-state index contributed by atoms with van der Waals surface area (Å²) in [5.74, 6) is -0.746. The number of alkyl halides is 6. The van der Waals surface area contributed by atoms with Crippen molar-refractivity contribution in [3.63, 3.8) is 0 Å². The topological polar surface area (TPSA) is 65.2 Å². The van der Waals surface area contributed by atoms with Gasteiger partial charge in [0, 0.05) is 23.6 Å². The maximum Gasteiger partial charge on any atom is 0.416 e. The molecule has 0 atom stereocenters. The van der Waals surface area contributed by atoms with Gasteiger partial charge in [0.2, 0.25) is 0 Å². The number of phenolic OH excluding ortho intramolecular Hbond substituents is 2. The zero-order valence-electron chi connectivity index (χ0n) is 17.8. The molecule has 0 saturated heterocycles. The highest BCUT2D eigenvalue weighted by molar-refractivity contribution is 5.90. The van der Waals surface area contributed by atoms with Crippen molar-refractivity contribution in [3.05, 3.63) is 81.9 Å². The standard InChI is InChI=1S/C24H18F6N2O2/c1-13-7-17(23(25,26)27)9-15(21(13)33)11-31-19-5-3-4-6-20(19)32-12-16-10-18(24(28,29)30)8-14(2)22(16)34/h3-12,33-34H,1-2H3. The first kappa shape index (κ1) is 24.8. The molecule has 3 aromatic carbocycles. The fourth-order valence-electron chi connectivity index (χ4n) is 3.10. The van der Waals surface area contributed by atoms with Crippen LogP contribution in [-0.2, 0) is 12.4 Å². The second-order valence-corrected chi connectivity index (χ2v) is 7.46. The Morgan fingerprint density at radius 1 is 0.647 bits per heavy atom. The van der Waals surface area contributed by atoms with Gasteiger partial charge in [-0.25, -0.2) is 0 Å².